The van der Waals surface area contributed by atoms with Crippen molar-refractivity contribution in [3.05, 3.63) is 35.4 Å². The molecule has 1 aromatic carbocycles. The molecule has 0 spiro atoms. The van der Waals surface area contributed by atoms with Gasteiger partial charge < -0.3 is 5.32 Å². The summed E-state index contributed by atoms with van der Waals surface area (Å²) in [6.07, 6.45) is 4.58. The van der Waals surface area contributed by atoms with Gasteiger partial charge in [0.05, 0.1) is 12.3 Å². The van der Waals surface area contributed by atoms with Gasteiger partial charge in [-0.1, -0.05) is 43.7 Å². The first kappa shape index (κ1) is 17.0. The number of nitrogens with zero attached hydrogens (tertiary/aromatic N) is 1. The highest BCUT2D eigenvalue weighted by atomic mass is 32.2. The summed E-state index contributed by atoms with van der Waals surface area (Å²) >= 11 is 1.02. The molecule has 3 rings (SSSR count). The van der Waals surface area contributed by atoms with Gasteiger partial charge in [-0.15, -0.1) is 0 Å². The monoisotopic (exact) mass is 346 g/mol. The molecule has 1 N–H and O–H groups in total. The smallest absolute Gasteiger partial charge is 0.289 e. The Hall–Kier alpha value is -1.82. The van der Waals surface area contributed by atoms with Crippen molar-refractivity contribution in [3.63, 3.8) is 0 Å². The molecule has 1 saturated heterocycles. The van der Waals surface area contributed by atoms with Gasteiger partial charge in [0, 0.05) is 11.6 Å². The van der Waals surface area contributed by atoms with Gasteiger partial charge in [-0.25, -0.2) is 0 Å². The van der Waals surface area contributed by atoms with E-state index in [4.69, 9.17) is 0 Å². The molecule has 3 amide bonds. The lowest BCUT2D eigenvalue weighted by molar-refractivity contribution is -0.125. The molecule has 2 aliphatic rings. The molecule has 1 heterocycles. The van der Waals surface area contributed by atoms with E-state index in [1.165, 1.54) is 11.3 Å². The molecule has 1 saturated carbocycles. The van der Waals surface area contributed by atoms with Crippen molar-refractivity contribution in [1.82, 2.24) is 10.2 Å². The minimum Gasteiger partial charge on any atom is -0.349 e. The summed E-state index contributed by atoms with van der Waals surface area (Å²) in [4.78, 5) is 37.2. The van der Waals surface area contributed by atoms with Crippen LogP contribution in [0, 0.1) is 5.92 Å². The van der Waals surface area contributed by atoms with E-state index >= 15 is 0 Å². The van der Waals surface area contributed by atoms with E-state index in [0.29, 0.717) is 11.5 Å². The molecule has 2 fully saturated rings. The second kappa shape index (κ2) is 7.38. The van der Waals surface area contributed by atoms with Crippen molar-refractivity contribution in [3.8, 4) is 0 Å². The van der Waals surface area contributed by atoms with Crippen LogP contribution < -0.4 is 5.32 Å². The first-order chi connectivity index (χ1) is 11.5. The third kappa shape index (κ3) is 3.80. The van der Waals surface area contributed by atoms with Gasteiger partial charge in [-0.3, -0.25) is 19.3 Å². The minimum atomic E-state index is -0.217. The summed E-state index contributed by atoms with van der Waals surface area (Å²) in [5.41, 5.74) is 1.38. The van der Waals surface area contributed by atoms with Gasteiger partial charge in [0.2, 0.25) is 5.91 Å². The average Bonchev–Trinajstić information content (AvgIpc) is 2.89. The fourth-order valence-corrected chi connectivity index (χ4v) is 4.03. The van der Waals surface area contributed by atoms with Gasteiger partial charge in [0.1, 0.15) is 0 Å². The average molecular weight is 346 g/mol. The highest BCUT2D eigenvalue weighted by Crippen LogP contribution is 2.24. The first-order valence-corrected chi connectivity index (χ1v) is 9.40. The molecule has 0 radical (unpaired) electrons. The maximum atomic E-state index is 12.5. The maximum Gasteiger partial charge on any atom is 0.289 e. The summed E-state index contributed by atoms with van der Waals surface area (Å²) in [5, 5.41) is 2.92. The predicted molar refractivity (Wildman–Crippen MR) is 93.7 cm³/mol. The molecule has 128 valence electrons. The molecule has 5 nitrogen and oxygen atoms in total. The van der Waals surface area contributed by atoms with Crippen molar-refractivity contribution >= 4 is 28.8 Å². The van der Waals surface area contributed by atoms with Crippen LogP contribution in [-0.4, -0.2) is 33.7 Å². The number of rotatable bonds is 4. The van der Waals surface area contributed by atoms with Crippen LogP contribution >= 0.6 is 11.8 Å². The number of imide groups is 1. The van der Waals surface area contributed by atoms with E-state index in [2.05, 4.69) is 12.2 Å². The molecule has 1 aliphatic carbocycles. The quantitative estimate of drug-likeness (QED) is 0.909. The van der Waals surface area contributed by atoms with Crippen LogP contribution in [0.4, 0.5) is 4.79 Å². The highest BCUT2D eigenvalue weighted by molar-refractivity contribution is 8.14. The third-order valence-corrected chi connectivity index (χ3v) is 5.66. The Morgan fingerprint density at radius 3 is 2.79 bits per heavy atom. The van der Waals surface area contributed by atoms with Crippen LogP contribution in [0.5, 0.6) is 0 Å². The van der Waals surface area contributed by atoms with Crippen molar-refractivity contribution in [2.24, 2.45) is 5.92 Å². The predicted octanol–water partition coefficient (Wildman–Crippen LogP) is 3.19. The molecule has 2 atom stereocenters. The number of carbonyl (C=O) groups is 3. The number of hydrogen-bond acceptors (Lipinski definition) is 4. The van der Waals surface area contributed by atoms with Crippen molar-refractivity contribution in [2.45, 2.75) is 45.2 Å². The zero-order valence-electron chi connectivity index (χ0n) is 13.8. The first-order valence-electron chi connectivity index (χ1n) is 8.41. The Kier molecular flexibility index (Phi) is 5.23. The molecule has 0 aromatic heterocycles. The summed E-state index contributed by atoms with van der Waals surface area (Å²) in [5.74, 6) is 0.459. The zero-order chi connectivity index (χ0) is 17.1. The van der Waals surface area contributed by atoms with Gasteiger partial charge >= 0.3 is 0 Å². The topological polar surface area (TPSA) is 66.5 Å². The number of benzene rings is 1. The van der Waals surface area contributed by atoms with Crippen LogP contribution in [0.2, 0.25) is 0 Å². The summed E-state index contributed by atoms with van der Waals surface area (Å²) in [7, 11) is 0. The lowest BCUT2D eigenvalue weighted by atomic mass is 9.86. The van der Waals surface area contributed by atoms with E-state index in [-0.39, 0.29) is 35.4 Å². The molecule has 1 aromatic rings. The second-order valence-electron chi connectivity index (χ2n) is 6.58. The van der Waals surface area contributed by atoms with Crippen molar-refractivity contribution < 1.29 is 14.4 Å². The van der Waals surface area contributed by atoms with E-state index in [1.54, 1.807) is 18.2 Å². The molecule has 1 aliphatic heterocycles. The fourth-order valence-electron chi connectivity index (χ4n) is 3.31. The Morgan fingerprint density at radius 1 is 1.29 bits per heavy atom. The van der Waals surface area contributed by atoms with Crippen LogP contribution in [0.3, 0.4) is 0 Å². The molecule has 24 heavy (non-hydrogen) atoms. The SMILES string of the molecule is CC1CCCCC1NC(=O)c1cccc(CN2C(=O)CSC2=O)c1. The molecular weight excluding hydrogens is 324 g/mol. The standard InChI is InChI=1S/C18H22N2O3S/c1-12-5-2-3-8-15(12)19-17(22)14-7-4-6-13(9-14)10-20-16(21)11-24-18(20)23/h4,6-7,9,12,15H,2-3,5,8,10-11H2,1H3,(H,19,22). The zero-order valence-corrected chi connectivity index (χ0v) is 14.6. The number of nitrogens with one attached hydrogen (secondary N) is 1. The number of carbonyl (C=O) groups excluding carboxylic acids is 3. The second-order valence-corrected chi connectivity index (χ2v) is 7.50. The van der Waals surface area contributed by atoms with Crippen LogP contribution in [0.25, 0.3) is 0 Å². The molecule has 2 unspecified atom stereocenters. The Labute approximate surface area is 146 Å². The highest BCUT2D eigenvalue weighted by Gasteiger charge is 2.30. The Bertz CT molecular complexity index is 645. The van der Waals surface area contributed by atoms with Gasteiger partial charge in [-0.2, -0.15) is 0 Å². The number of hydrogen-bond donors (Lipinski definition) is 1. The molecule has 0 bridgehead atoms. The molecule has 6 heteroatoms. The van der Waals surface area contributed by atoms with E-state index in [9.17, 15) is 14.4 Å². The van der Waals surface area contributed by atoms with E-state index in [0.717, 1.165) is 36.6 Å². The minimum absolute atomic E-state index is 0.0796. The largest absolute Gasteiger partial charge is 0.349 e. The van der Waals surface area contributed by atoms with E-state index in [1.807, 2.05) is 6.07 Å². The van der Waals surface area contributed by atoms with Crippen molar-refractivity contribution in [1.29, 1.82) is 0 Å². The van der Waals surface area contributed by atoms with Gasteiger partial charge in [0.15, 0.2) is 0 Å². The number of thioether (sulfide) groups is 1. The fraction of sp³-hybridized carbons (Fsp3) is 0.500. The van der Waals surface area contributed by atoms with Crippen LogP contribution in [-0.2, 0) is 11.3 Å². The van der Waals surface area contributed by atoms with Crippen LogP contribution in [0.15, 0.2) is 24.3 Å². The normalized spacial score (nSPS) is 24.3. The number of amides is 3. The van der Waals surface area contributed by atoms with Gasteiger partial charge in [0.25, 0.3) is 11.1 Å². The van der Waals surface area contributed by atoms with Crippen LogP contribution in [0.1, 0.15) is 48.5 Å². The lowest BCUT2D eigenvalue weighted by Crippen LogP contribution is -2.41. The Morgan fingerprint density at radius 2 is 2.08 bits per heavy atom. The maximum absolute atomic E-state index is 12.5. The molecular formula is C18H22N2O3S. The third-order valence-electron chi connectivity index (χ3n) is 4.80. The summed E-state index contributed by atoms with van der Waals surface area (Å²) < 4.78 is 0. The lowest BCUT2D eigenvalue weighted by Gasteiger charge is -2.29. The van der Waals surface area contributed by atoms with E-state index < -0.39 is 0 Å². The van der Waals surface area contributed by atoms with Crippen molar-refractivity contribution in [2.75, 3.05) is 5.75 Å². The Balaban J connectivity index is 1.67. The summed E-state index contributed by atoms with van der Waals surface area (Å²) in [6.45, 7) is 2.41. The summed E-state index contributed by atoms with van der Waals surface area (Å²) in [6, 6.07) is 7.41. The van der Waals surface area contributed by atoms with Gasteiger partial charge in [-0.05, 0) is 36.5 Å².